The lowest BCUT2D eigenvalue weighted by atomic mass is 9.82. The number of nitrogens with zero attached hydrogens (tertiary/aromatic N) is 5. The molecule has 0 saturated heterocycles. The summed E-state index contributed by atoms with van der Waals surface area (Å²) in [7, 11) is 0. The molecule has 3 aromatic heterocycles. The fourth-order valence-corrected chi connectivity index (χ4v) is 7.96. The van der Waals surface area contributed by atoms with Crippen LogP contribution in [0.1, 0.15) is 0 Å². The van der Waals surface area contributed by atoms with Gasteiger partial charge in [0.2, 0.25) is 0 Å². The summed E-state index contributed by atoms with van der Waals surface area (Å²) in [6.07, 6.45) is 3.58. The summed E-state index contributed by atoms with van der Waals surface area (Å²) in [4.78, 5) is 9.55. The van der Waals surface area contributed by atoms with Gasteiger partial charge in [0.15, 0.2) is 0 Å². The molecule has 0 N–H and O–H groups in total. The predicted molar refractivity (Wildman–Crippen MR) is 221 cm³/mol. The number of benzene rings is 7. The number of hydrogen-bond donors (Lipinski definition) is 0. The Kier molecular flexibility index (Phi) is 7.73. The third kappa shape index (κ3) is 5.22. The van der Waals surface area contributed by atoms with Crippen molar-refractivity contribution in [3.63, 3.8) is 0 Å². The third-order valence-electron chi connectivity index (χ3n) is 10.3. The molecule has 0 aliphatic carbocycles. The van der Waals surface area contributed by atoms with Crippen LogP contribution in [0.4, 0.5) is 0 Å². The molecule has 5 nitrogen and oxygen atoms in total. The molecule has 0 amide bonds. The summed E-state index contributed by atoms with van der Waals surface area (Å²) in [5.41, 5.74) is 11.1. The molecular formula is C49H31N5. The predicted octanol–water partition coefficient (Wildman–Crippen LogP) is 12.1. The van der Waals surface area contributed by atoms with E-state index in [9.17, 15) is 0 Å². The summed E-state index contributed by atoms with van der Waals surface area (Å²) in [5, 5.41) is 21.1. The SMILES string of the molecule is c1ccc(-c2ccccc2-c2cccc(-c3nnnc(-c4ccccn4)c3-c3ccccn3)c2-c2cccc3c4ccccc4c4ccccc4c23)cc1. The Labute approximate surface area is 312 Å². The van der Waals surface area contributed by atoms with E-state index in [0.717, 1.165) is 50.2 Å². The monoisotopic (exact) mass is 689 g/mol. The molecule has 0 saturated carbocycles. The molecule has 0 atom stereocenters. The molecule has 0 fully saturated rings. The maximum absolute atomic E-state index is 4.88. The van der Waals surface area contributed by atoms with Gasteiger partial charge in [0, 0.05) is 18.0 Å². The Balaban J connectivity index is 1.38. The Bertz CT molecular complexity index is 2940. The lowest BCUT2D eigenvalue weighted by molar-refractivity contribution is 0.875. The van der Waals surface area contributed by atoms with Gasteiger partial charge in [-0.2, -0.15) is 0 Å². The van der Waals surface area contributed by atoms with E-state index in [4.69, 9.17) is 15.1 Å². The zero-order valence-corrected chi connectivity index (χ0v) is 29.1. The standard InChI is InChI=1S/C49H31N5/c1-2-16-32(17-3-1)33-18-4-5-19-34(33)39-25-15-27-42(48-47(43-28-10-12-30-50-43)49(53-54-52-48)44-29-11-13-31-51-44)46(39)41-26-14-24-40-37-21-7-6-20-35(37)36-22-8-9-23-38(36)45(40)41/h1-31H. The van der Waals surface area contributed by atoms with Gasteiger partial charge in [-0.3, -0.25) is 9.97 Å². The van der Waals surface area contributed by atoms with Gasteiger partial charge in [-0.05, 0) is 95.2 Å². The lowest BCUT2D eigenvalue weighted by Gasteiger charge is -2.22. The summed E-state index contributed by atoms with van der Waals surface area (Å²) >= 11 is 0. The van der Waals surface area contributed by atoms with Crippen molar-refractivity contribution in [3.8, 4) is 67.3 Å². The van der Waals surface area contributed by atoms with Crippen LogP contribution in [0.2, 0.25) is 0 Å². The molecule has 7 aromatic carbocycles. The first kappa shape index (κ1) is 31.4. The fraction of sp³-hybridized carbons (Fsp3) is 0. The third-order valence-corrected chi connectivity index (χ3v) is 10.3. The van der Waals surface area contributed by atoms with Crippen molar-refractivity contribution in [1.82, 2.24) is 25.4 Å². The van der Waals surface area contributed by atoms with E-state index in [1.165, 1.54) is 32.3 Å². The Morgan fingerprint density at radius 3 is 1.50 bits per heavy atom. The molecule has 5 heteroatoms. The maximum Gasteiger partial charge on any atom is 0.125 e. The van der Waals surface area contributed by atoms with Gasteiger partial charge in [0.1, 0.15) is 11.4 Å². The van der Waals surface area contributed by atoms with E-state index < -0.39 is 0 Å². The van der Waals surface area contributed by atoms with Gasteiger partial charge in [0.05, 0.1) is 17.0 Å². The summed E-state index contributed by atoms with van der Waals surface area (Å²) in [5.74, 6) is 0. The van der Waals surface area contributed by atoms with Gasteiger partial charge in [0.25, 0.3) is 0 Å². The molecule has 0 unspecified atom stereocenters. The van der Waals surface area contributed by atoms with E-state index in [2.05, 4.69) is 150 Å². The first-order valence-electron chi connectivity index (χ1n) is 18.0. The molecule has 54 heavy (non-hydrogen) atoms. The second-order valence-electron chi connectivity index (χ2n) is 13.3. The fourth-order valence-electron chi connectivity index (χ4n) is 7.96. The second kappa shape index (κ2) is 13.3. The van der Waals surface area contributed by atoms with Crippen LogP contribution in [0.15, 0.2) is 188 Å². The molecule has 0 spiro atoms. The van der Waals surface area contributed by atoms with E-state index in [1.54, 1.807) is 12.4 Å². The molecule has 3 heterocycles. The smallest absolute Gasteiger partial charge is 0.125 e. The van der Waals surface area contributed by atoms with E-state index >= 15 is 0 Å². The van der Waals surface area contributed by atoms with Crippen LogP contribution >= 0.6 is 0 Å². The lowest BCUT2D eigenvalue weighted by Crippen LogP contribution is -2.03. The van der Waals surface area contributed by atoms with Crippen LogP contribution in [-0.2, 0) is 0 Å². The summed E-state index contributed by atoms with van der Waals surface area (Å²) in [6.45, 7) is 0. The number of rotatable bonds is 6. The Morgan fingerprint density at radius 2 is 0.796 bits per heavy atom. The highest BCUT2D eigenvalue weighted by Gasteiger charge is 2.26. The zero-order valence-electron chi connectivity index (χ0n) is 29.1. The number of hydrogen-bond acceptors (Lipinski definition) is 5. The topological polar surface area (TPSA) is 64.5 Å². The molecule has 0 bridgehead atoms. The molecule has 0 aliphatic rings. The highest BCUT2D eigenvalue weighted by Crippen LogP contribution is 2.49. The van der Waals surface area contributed by atoms with Gasteiger partial charge in [-0.15, -0.1) is 10.2 Å². The molecule has 252 valence electrons. The van der Waals surface area contributed by atoms with Crippen molar-refractivity contribution in [1.29, 1.82) is 0 Å². The normalized spacial score (nSPS) is 11.3. The highest BCUT2D eigenvalue weighted by molar-refractivity contribution is 6.29. The van der Waals surface area contributed by atoms with Gasteiger partial charge in [-0.1, -0.05) is 152 Å². The summed E-state index contributed by atoms with van der Waals surface area (Å²) < 4.78 is 0. The van der Waals surface area contributed by atoms with E-state index in [0.29, 0.717) is 17.1 Å². The van der Waals surface area contributed by atoms with Crippen molar-refractivity contribution >= 4 is 32.3 Å². The zero-order chi connectivity index (χ0) is 35.8. The van der Waals surface area contributed by atoms with Crippen molar-refractivity contribution in [2.45, 2.75) is 0 Å². The Morgan fingerprint density at radius 1 is 0.296 bits per heavy atom. The van der Waals surface area contributed by atoms with E-state index in [1.807, 2.05) is 36.4 Å². The van der Waals surface area contributed by atoms with Crippen molar-refractivity contribution in [3.05, 3.63) is 188 Å². The van der Waals surface area contributed by atoms with Gasteiger partial charge < -0.3 is 0 Å². The average molecular weight is 690 g/mol. The average Bonchev–Trinajstić information content (AvgIpc) is 3.26. The largest absolute Gasteiger partial charge is 0.256 e. The molecule has 10 aromatic rings. The van der Waals surface area contributed by atoms with Crippen LogP contribution in [0, 0.1) is 0 Å². The molecule has 0 aliphatic heterocycles. The van der Waals surface area contributed by atoms with Gasteiger partial charge in [-0.25, -0.2) is 0 Å². The minimum absolute atomic E-state index is 0.620. The van der Waals surface area contributed by atoms with Crippen LogP contribution in [0.5, 0.6) is 0 Å². The molecule has 0 radical (unpaired) electrons. The van der Waals surface area contributed by atoms with Crippen molar-refractivity contribution < 1.29 is 0 Å². The first-order chi connectivity index (χ1) is 26.8. The highest BCUT2D eigenvalue weighted by atomic mass is 15.3. The molecule has 10 rings (SSSR count). The maximum atomic E-state index is 4.88. The second-order valence-corrected chi connectivity index (χ2v) is 13.3. The molecular weight excluding hydrogens is 659 g/mol. The van der Waals surface area contributed by atoms with Crippen molar-refractivity contribution in [2.24, 2.45) is 0 Å². The van der Waals surface area contributed by atoms with Crippen LogP contribution < -0.4 is 0 Å². The number of pyridine rings is 2. The van der Waals surface area contributed by atoms with Crippen LogP contribution in [0.3, 0.4) is 0 Å². The summed E-state index contributed by atoms with van der Waals surface area (Å²) in [6, 6.07) is 61.6. The minimum Gasteiger partial charge on any atom is -0.256 e. The number of aromatic nitrogens is 5. The first-order valence-corrected chi connectivity index (χ1v) is 18.0. The van der Waals surface area contributed by atoms with Crippen LogP contribution in [-0.4, -0.2) is 25.4 Å². The van der Waals surface area contributed by atoms with E-state index in [-0.39, 0.29) is 0 Å². The number of fused-ring (bicyclic) bond motifs is 6. The van der Waals surface area contributed by atoms with Crippen molar-refractivity contribution in [2.75, 3.05) is 0 Å². The minimum atomic E-state index is 0.620. The Hall–Kier alpha value is -7.37. The van der Waals surface area contributed by atoms with Gasteiger partial charge >= 0.3 is 0 Å². The quantitative estimate of drug-likeness (QED) is 0.163. The van der Waals surface area contributed by atoms with Crippen LogP contribution in [0.25, 0.3) is 99.6 Å².